The maximum absolute atomic E-state index is 3.59. The highest BCUT2D eigenvalue weighted by Gasteiger charge is 2.11. The van der Waals surface area contributed by atoms with Crippen molar-refractivity contribution in [3.63, 3.8) is 0 Å². The second kappa shape index (κ2) is 6.19. The van der Waals surface area contributed by atoms with Gasteiger partial charge in [0.15, 0.2) is 0 Å². The molecule has 88 valence electrons. The van der Waals surface area contributed by atoms with Gasteiger partial charge in [-0.2, -0.15) is 11.8 Å². The van der Waals surface area contributed by atoms with Gasteiger partial charge in [-0.15, -0.1) is 0 Å². The molecule has 0 heterocycles. The summed E-state index contributed by atoms with van der Waals surface area (Å²) in [5.41, 5.74) is 4.53. The number of benzene rings is 1. The van der Waals surface area contributed by atoms with Crippen LogP contribution in [0.5, 0.6) is 0 Å². The molecule has 1 aliphatic carbocycles. The van der Waals surface area contributed by atoms with Crippen LogP contribution in [0.15, 0.2) is 18.2 Å². The summed E-state index contributed by atoms with van der Waals surface area (Å²) in [6.45, 7) is 3.31. The SMILES string of the molecule is CCSCCNc1cccc2c1CCCC2. The zero-order valence-corrected chi connectivity index (χ0v) is 10.9. The van der Waals surface area contributed by atoms with Gasteiger partial charge in [0.25, 0.3) is 0 Å². The second-order valence-electron chi connectivity index (χ2n) is 4.27. The van der Waals surface area contributed by atoms with Gasteiger partial charge >= 0.3 is 0 Å². The number of nitrogens with one attached hydrogen (secondary N) is 1. The molecule has 0 aliphatic heterocycles. The monoisotopic (exact) mass is 235 g/mol. The van der Waals surface area contributed by atoms with E-state index in [0.717, 1.165) is 6.54 Å². The zero-order chi connectivity index (χ0) is 11.2. The van der Waals surface area contributed by atoms with Crippen LogP contribution in [0.25, 0.3) is 0 Å². The van der Waals surface area contributed by atoms with Crippen LogP contribution < -0.4 is 5.32 Å². The Labute approximate surface area is 103 Å². The second-order valence-corrected chi connectivity index (χ2v) is 5.67. The fraction of sp³-hybridized carbons (Fsp3) is 0.571. The molecule has 0 bridgehead atoms. The lowest BCUT2D eigenvalue weighted by Crippen LogP contribution is -2.10. The summed E-state index contributed by atoms with van der Waals surface area (Å²) in [7, 11) is 0. The van der Waals surface area contributed by atoms with Crippen LogP contribution in [-0.2, 0) is 12.8 Å². The third-order valence-electron chi connectivity index (χ3n) is 3.16. The molecule has 0 aromatic heterocycles. The van der Waals surface area contributed by atoms with Crippen molar-refractivity contribution < 1.29 is 0 Å². The Morgan fingerprint density at radius 1 is 1.25 bits per heavy atom. The van der Waals surface area contributed by atoms with Crippen molar-refractivity contribution >= 4 is 17.4 Å². The Morgan fingerprint density at radius 2 is 2.12 bits per heavy atom. The van der Waals surface area contributed by atoms with Gasteiger partial charge < -0.3 is 5.32 Å². The largest absolute Gasteiger partial charge is 0.384 e. The lowest BCUT2D eigenvalue weighted by molar-refractivity contribution is 0.686. The maximum Gasteiger partial charge on any atom is 0.0375 e. The molecular weight excluding hydrogens is 214 g/mol. The van der Waals surface area contributed by atoms with E-state index >= 15 is 0 Å². The number of fused-ring (bicyclic) bond motifs is 1. The molecule has 0 unspecified atom stereocenters. The molecule has 2 rings (SSSR count). The van der Waals surface area contributed by atoms with E-state index in [4.69, 9.17) is 0 Å². The number of hydrogen-bond donors (Lipinski definition) is 1. The molecule has 0 saturated carbocycles. The molecule has 1 nitrogen and oxygen atoms in total. The molecule has 0 amide bonds. The van der Waals surface area contributed by atoms with E-state index in [-0.39, 0.29) is 0 Å². The van der Waals surface area contributed by atoms with E-state index in [1.807, 2.05) is 11.8 Å². The van der Waals surface area contributed by atoms with Gasteiger partial charge in [0.1, 0.15) is 0 Å². The summed E-state index contributed by atoms with van der Waals surface area (Å²) in [6.07, 6.45) is 5.26. The van der Waals surface area contributed by atoms with Crippen molar-refractivity contribution in [3.8, 4) is 0 Å². The Kier molecular flexibility index (Phi) is 4.58. The van der Waals surface area contributed by atoms with Crippen LogP contribution in [-0.4, -0.2) is 18.1 Å². The normalized spacial score (nSPS) is 14.6. The van der Waals surface area contributed by atoms with E-state index < -0.39 is 0 Å². The highest BCUT2D eigenvalue weighted by Crippen LogP contribution is 2.27. The lowest BCUT2D eigenvalue weighted by Gasteiger charge is -2.20. The Balaban J connectivity index is 1.97. The molecule has 0 atom stereocenters. The lowest BCUT2D eigenvalue weighted by atomic mass is 9.90. The van der Waals surface area contributed by atoms with Crippen molar-refractivity contribution in [1.82, 2.24) is 0 Å². The van der Waals surface area contributed by atoms with E-state index in [2.05, 4.69) is 30.4 Å². The summed E-state index contributed by atoms with van der Waals surface area (Å²) < 4.78 is 0. The van der Waals surface area contributed by atoms with E-state index in [1.54, 1.807) is 11.1 Å². The molecule has 0 fully saturated rings. The van der Waals surface area contributed by atoms with Gasteiger partial charge in [-0.25, -0.2) is 0 Å². The van der Waals surface area contributed by atoms with E-state index in [1.165, 1.54) is 42.9 Å². The van der Waals surface area contributed by atoms with E-state index in [0.29, 0.717) is 0 Å². The fourth-order valence-electron chi connectivity index (χ4n) is 2.35. The molecule has 16 heavy (non-hydrogen) atoms. The van der Waals surface area contributed by atoms with Gasteiger partial charge in [-0.05, 0) is 48.6 Å². The third-order valence-corrected chi connectivity index (χ3v) is 4.06. The van der Waals surface area contributed by atoms with Gasteiger partial charge in [-0.3, -0.25) is 0 Å². The first-order valence-corrected chi connectivity index (χ1v) is 7.49. The average Bonchev–Trinajstić information content (AvgIpc) is 2.35. The average molecular weight is 235 g/mol. The van der Waals surface area contributed by atoms with Crippen molar-refractivity contribution in [1.29, 1.82) is 0 Å². The fourth-order valence-corrected chi connectivity index (χ4v) is 2.88. The first kappa shape index (κ1) is 11.8. The number of rotatable bonds is 5. The first-order chi connectivity index (χ1) is 7.92. The van der Waals surface area contributed by atoms with Crippen LogP contribution in [0.4, 0.5) is 5.69 Å². The highest BCUT2D eigenvalue weighted by atomic mass is 32.2. The maximum atomic E-state index is 3.59. The predicted octanol–water partition coefficient (Wildman–Crippen LogP) is 3.73. The Morgan fingerprint density at radius 3 is 3.00 bits per heavy atom. The Bertz CT molecular complexity index is 336. The molecule has 0 spiro atoms. The molecule has 1 N–H and O–H groups in total. The summed E-state index contributed by atoms with van der Waals surface area (Å²) in [5, 5.41) is 3.59. The number of hydrogen-bond acceptors (Lipinski definition) is 2. The molecular formula is C14H21NS. The van der Waals surface area contributed by atoms with Crippen molar-refractivity contribution in [2.45, 2.75) is 32.6 Å². The summed E-state index contributed by atoms with van der Waals surface area (Å²) in [4.78, 5) is 0. The number of anilines is 1. The minimum absolute atomic E-state index is 1.09. The van der Waals surface area contributed by atoms with Crippen LogP contribution in [0.3, 0.4) is 0 Å². The van der Waals surface area contributed by atoms with Crippen LogP contribution in [0.1, 0.15) is 30.9 Å². The molecule has 1 aromatic rings. The zero-order valence-electron chi connectivity index (χ0n) is 10.1. The Hall–Kier alpha value is -0.630. The van der Waals surface area contributed by atoms with Gasteiger partial charge in [-0.1, -0.05) is 19.1 Å². The summed E-state index contributed by atoms with van der Waals surface area (Å²) in [5.74, 6) is 2.43. The quantitative estimate of drug-likeness (QED) is 0.780. The first-order valence-electron chi connectivity index (χ1n) is 6.34. The van der Waals surface area contributed by atoms with Crippen LogP contribution in [0, 0.1) is 0 Å². The number of thioether (sulfide) groups is 1. The molecule has 0 saturated heterocycles. The van der Waals surface area contributed by atoms with Crippen molar-refractivity contribution in [2.75, 3.05) is 23.4 Å². The highest BCUT2D eigenvalue weighted by molar-refractivity contribution is 7.99. The van der Waals surface area contributed by atoms with Gasteiger partial charge in [0.2, 0.25) is 0 Å². The number of aryl methyl sites for hydroxylation is 1. The third kappa shape index (κ3) is 2.94. The minimum Gasteiger partial charge on any atom is -0.384 e. The summed E-state index contributed by atoms with van der Waals surface area (Å²) >= 11 is 2.00. The predicted molar refractivity (Wildman–Crippen MR) is 74.6 cm³/mol. The molecule has 2 heteroatoms. The summed E-state index contributed by atoms with van der Waals surface area (Å²) in [6, 6.07) is 6.72. The minimum atomic E-state index is 1.09. The molecule has 1 aliphatic rings. The topological polar surface area (TPSA) is 12.0 Å². The molecule has 1 aromatic carbocycles. The standard InChI is InChI=1S/C14H21NS/c1-2-16-11-10-15-14-9-5-7-12-6-3-4-8-13(12)14/h5,7,9,15H,2-4,6,8,10-11H2,1H3. The van der Waals surface area contributed by atoms with Crippen molar-refractivity contribution in [3.05, 3.63) is 29.3 Å². The van der Waals surface area contributed by atoms with Gasteiger partial charge in [0.05, 0.1) is 0 Å². The van der Waals surface area contributed by atoms with Crippen LogP contribution in [0.2, 0.25) is 0 Å². The van der Waals surface area contributed by atoms with Crippen LogP contribution >= 0.6 is 11.8 Å². The van der Waals surface area contributed by atoms with Gasteiger partial charge in [0, 0.05) is 18.0 Å². The smallest absolute Gasteiger partial charge is 0.0375 e. The van der Waals surface area contributed by atoms with Crippen molar-refractivity contribution in [2.24, 2.45) is 0 Å². The molecule has 0 radical (unpaired) electrons. The van der Waals surface area contributed by atoms with E-state index in [9.17, 15) is 0 Å².